The quantitative estimate of drug-likeness (QED) is 0.333. The number of carbonyl (C=O) groups is 2. The molecule has 0 fully saturated rings. The second kappa shape index (κ2) is 10.6. The van der Waals surface area contributed by atoms with Gasteiger partial charge in [0.15, 0.2) is 0 Å². The Morgan fingerprint density at radius 1 is 0.935 bits per heavy atom. The number of nitrogens with zero attached hydrogens (tertiary/aromatic N) is 2. The van der Waals surface area contributed by atoms with E-state index in [0.717, 1.165) is 42.3 Å². The number of rotatable bonds is 7. The van der Waals surface area contributed by atoms with E-state index < -0.39 is 48.1 Å². The van der Waals surface area contributed by atoms with Gasteiger partial charge in [0.1, 0.15) is 30.7 Å². The average molecular weight is 464 g/mol. The molecule has 0 aliphatic heterocycles. The van der Waals surface area contributed by atoms with Crippen LogP contribution in [0.15, 0.2) is 47.4 Å². The lowest BCUT2D eigenvalue weighted by atomic mass is 10.1. The van der Waals surface area contributed by atoms with Crippen molar-refractivity contribution < 1.29 is 41.0 Å². The van der Waals surface area contributed by atoms with Gasteiger partial charge in [0, 0.05) is 24.8 Å². The molecule has 0 atom stereocenters. The Labute approximate surface area is 178 Å². The first-order valence-corrected chi connectivity index (χ1v) is 9.31. The molecule has 0 radical (unpaired) electrons. The third kappa shape index (κ3) is 6.39. The first-order valence-electron chi connectivity index (χ1n) is 8.50. The van der Waals surface area contributed by atoms with Crippen LogP contribution in [0.4, 0.5) is 32.4 Å². The fraction of sp³-hybridized carbons (Fsp3) is 0.263. The van der Waals surface area contributed by atoms with Gasteiger partial charge in [-0.05, 0) is 48.2 Å². The third-order valence-corrected chi connectivity index (χ3v) is 4.52. The number of anilines is 1. The zero-order valence-electron chi connectivity index (χ0n) is 16.3. The molecule has 0 spiro atoms. The van der Waals surface area contributed by atoms with E-state index in [-0.39, 0.29) is 22.3 Å². The molecule has 2 rings (SSSR count). The van der Waals surface area contributed by atoms with Gasteiger partial charge in [-0.25, -0.2) is 18.5 Å². The summed E-state index contributed by atoms with van der Waals surface area (Å²) in [6.45, 7) is -1.05. The number of amides is 3. The van der Waals surface area contributed by atoms with E-state index in [4.69, 9.17) is 9.47 Å². The van der Waals surface area contributed by atoms with Crippen molar-refractivity contribution in [3.8, 4) is 0 Å². The predicted molar refractivity (Wildman–Crippen MR) is 103 cm³/mol. The van der Waals surface area contributed by atoms with Gasteiger partial charge in [0.05, 0.1) is 0 Å². The van der Waals surface area contributed by atoms with Crippen molar-refractivity contribution in [2.45, 2.75) is 10.4 Å². The molecule has 0 aliphatic rings. The van der Waals surface area contributed by atoms with E-state index in [1.165, 1.54) is 19.2 Å². The summed E-state index contributed by atoms with van der Waals surface area (Å²) in [5.41, 5.74) is -5.36. The summed E-state index contributed by atoms with van der Waals surface area (Å²) >= 11 is -0.340. The van der Waals surface area contributed by atoms with E-state index in [1.807, 2.05) is 0 Å². The van der Waals surface area contributed by atoms with Crippen molar-refractivity contribution in [1.29, 1.82) is 0 Å². The highest BCUT2D eigenvalue weighted by atomic mass is 32.2. The third-order valence-electron chi connectivity index (χ3n) is 3.78. The summed E-state index contributed by atoms with van der Waals surface area (Å²) in [6, 6.07) is 6.39. The number of carbonyl (C=O) groups excluding carboxylic acids is 2. The van der Waals surface area contributed by atoms with Crippen LogP contribution in [-0.4, -0.2) is 50.0 Å². The number of methoxy groups -OCH3 is 2. The molecular weight excluding hydrogens is 447 g/mol. The van der Waals surface area contributed by atoms with E-state index in [2.05, 4.69) is 0 Å². The van der Waals surface area contributed by atoms with E-state index in [9.17, 15) is 31.5 Å². The number of ether oxygens (including phenoxy) is 2. The average Bonchev–Trinajstić information content (AvgIpc) is 2.69. The van der Waals surface area contributed by atoms with Gasteiger partial charge >= 0.3 is 11.5 Å². The summed E-state index contributed by atoms with van der Waals surface area (Å²) in [6.07, 6.45) is 0. The fourth-order valence-electron chi connectivity index (χ4n) is 2.51. The Morgan fingerprint density at radius 2 is 1.48 bits per heavy atom. The normalized spacial score (nSPS) is 11.3. The molecule has 0 saturated heterocycles. The number of imide groups is 1. The standard InChI is InChI=1S/C19H17F5N2O4S/c1-29-10-25(12-6-8-13(9-7-12)31-19(22,23)24)18(28)26(11-30-2)17(27)16-14(20)4-3-5-15(16)21/h3-9H,10-11H2,1-2H3. The maximum atomic E-state index is 14.0. The Balaban J connectivity index is 2.37. The number of benzene rings is 2. The second-order valence-corrected chi connectivity index (χ2v) is 7.06. The Hall–Kier alpha value is -2.70. The highest BCUT2D eigenvalue weighted by Crippen LogP contribution is 2.37. The number of hydrogen-bond acceptors (Lipinski definition) is 5. The van der Waals surface area contributed by atoms with Crippen LogP contribution in [0.5, 0.6) is 0 Å². The molecule has 168 valence electrons. The molecule has 3 amide bonds. The van der Waals surface area contributed by atoms with Crippen LogP contribution >= 0.6 is 11.8 Å². The first-order chi connectivity index (χ1) is 14.6. The van der Waals surface area contributed by atoms with Crippen LogP contribution in [0.1, 0.15) is 10.4 Å². The van der Waals surface area contributed by atoms with Crippen LogP contribution in [0, 0.1) is 11.6 Å². The van der Waals surface area contributed by atoms with Gasteiger partial charge in [-0.1, -0.05) is 6.07 Å². The van der Waals surface area contributed by atoms with E-state index in [0.29, 0.717) is 4.90 Å². The van der Waals surface area contributed by atoms with Crippen LogP contribution in [0.25, 0.3) is 0 Å². The second-order valence-electron chi connectivity index (χ2n) is 5.92. The molecule has 0 heterocycles. The van der Waals surface area contributed by atoms with Crippen molar-refractivity contribution in [3.05, 3.63) is 59.7 Å². The topological polar surface area (TPSA) is 59.1 Å². The Bertz CT molecular complexity index is 904. The van der Waals surface area contributed by atoms with Crippen molar-refractivity contribution in [2.75, 3.05) is 32.6 Å². The smallest absolute Gasteiger partial charge is 0.364 e. The number of urea groups is 1. The lowest BCUT2D eigenvalue weighted by molar-refractivity contribution is -0.0328. The van der Waals surface area contributed by atoms with E-state index in [1.54, 1.807) is 0 Å². The lowest BCUT2D eigenvalue weighted by Crippen LogP contribution is -2.48. The van der Waals surface area contributed by atoms with Crippen molar-refractivity contribution >= 4 is 29.4 Å². The minimum absolute atomic E-state index is 0.0845. The van der Waals surface area contributed by atoms with Crippen molar-refractivity contribution in [3.63, 3.8) is 0 Å². The largest absolute Gasteiger partial charge is 0.446 e. The van der Waals surface area contributed by atoms with Crippen molar-refractivity contribution in [2.24, 2.45) is 0 Å². The van der Waals surface area contributed by atoms with E-state index >= 15 is 0 Å². The molecule has 0 N–H and O–H groups in total. The number of alkyl halides is 3. The molecule has 0 aromatic heterocycles. The molecule has 0 aliphatic carbocycles. The fourth-order valence-corrected chi connectivity index (χ4v) is 3.05. The summed E-state index contributed by atoms with van der Waals surface area (Å²) in [5.74, 6) is -3.65. The Morgan fingerprint density at radius 3 is 1.97 bits per heavy atom. The van der Waals surface area contributed by atoms with Crippen LogP contribution in [0.3, 0.4) is 0 Å². The first kappa shape index (κ1) is 24.6. The van der Waals surface area contributed by atoms with Gasteiger partial charge in [0.25, 0.3) is 5.91 Å². The van der Waals surface area contributed by atoms with Gasteiger partial charge in [-0.15, -0.1) is 0 Å². The van der Waals surface area contributed by atoms with Crippen LogP contribution in [0.2, 0.25) is 0 Å². The number of hydrogen-bond donors (Lipinski definition) is 0. The van der Waals surface area contributed by atoms with Crippen LogP contribution < -0.4 is 4.90 Å². The molecular formula is C19H17F5N2O4S. The molecule has 31 heavy (non-hydrogen) atoms. The van der Waals surface area contributed by atoms with Crippen LogP contribution in [-0.2, 0) is 9.47 Å². The molecule has 2 aromatic carbocycles. The Kier molecular flexibility index (Phi) is 8.36. The van der Waals surface area contributed by atoms with Crippen molar-refractivity contribution in [1.82, 2.24) is 4.90 Å². The number of halogens is 5. The van der Waals surface area contributed by atoms with Gasteiger partial charge in [-0.3, -0.25) is 9.69 Å². The predicted octanol–water partition coefficient (Wildman–Crippen LogP) is 4.85. The minimum atomic E-state index is -4.49. The molecule has 0 bridgehead atoms. The molecule has 12 heteroatoms. The lowest BCUT2D eigenvalue weighted by Gasteiger charge is -2.28. The zero-order valence-corrected chi connectivity index (χ0v) is 17.1. The maximum Gasteiger partial charge on any atom is 0.446 e. The molecule has 0 unspecified atom stereocenters. The minimum Gasteiger partial charge on any atom is -0.364 e. The van der Waals surface area contributed by atoms with Gasteiger partial charge in [-0.2, -0.15) is 13.2 Å². The highest BCUT2D eigenvalue weighted by molar-refractivity contribution is 8.00. The van der Waals surface area contributed by atoms with Gasteiger partial charge < -0.3 is 9.47 Å². The molecule has 0 saturated carbocycles. The number of thioether (sulfide) groups is 1. The summed E-state index contributed by atoms with van der Waals surface area (Å²) in [4.78, 5) is 27.0. The monoisotopic (exact) mass is 464 g/mol. The summed E-state index contributed by atoms with van der Waals surface area (Å²) < 4.78 is 75.4. The maximum absolute atomic E-state index is 14.0. The van der Waals surface area contributed by atoms with Gasteiger partial charge in [0.2, 0.25) is 0 Å². The SMILES string of the molecule is COCN(C(=O)c1c(F)cccc1F)C(=O)N(COC)c1ccc(SC(F)(F)F)cc1. The summed E-state index contributed by atoms with van der Waals surface area (Å²) in [7, 11) is 2.41. The zero-order chi connectivity index (χ0) is 23.2. The highest BCUT2D eigenvalue weighted by Gasteiger charge is 2.32. The summed E-state index contributed by atoms with van der Waals surface area (Å²) in [5, 5.41) is 0. The molecule has 6 nitrogen and oxygen atoms in total. The molecule has 2 aromatic rings.